The van der Waals surface area contributed by atoms with Gasteiger partial charge in [0.2, 0.25) is 5.91 Å². The molecular formula is C22H20N6O2. The molecule has 0 aliphatic carbocycles. The summed E-state index contributed by atoms with van der Waals surface area (Å²) in [6.45, 7) is 0.506. The van der Waals surface area contributed by atoms with Gasteiger partial charge in [-0.15, -0.1) is 5.10 Å². The van der Waals surface area contributed by atoms with Gasteiger partial charge in [0.1, 0.15) is 12.7 Å². The van der Waals surface area contributed by atoms with Crippen LogP contribution in [0.3, 0.4) is 0 Å². The Hall–Kier alpha value is -4.07. The molecule has 150 valence electrons. The molecule has 2 aromatic heterocycles. The average Bonchev–Trinajstić information content (AvgIpc) is 3.32. The third-order valence-corrected chi connectivity index (χ3v) is 4.66. The van der Waals surface area contributed by atoms with E-state index in [9.17, 15) is 9.59 Å². The molecule has 0 spiro atoms. The molecule has 1 amide bonds. The maximum atomic E-state index is 13.0. The van der Waals surface area contributed by atoms with Crippen molar-refractivity contribution in [3.63, 3.8) is 0 Å². The Morgan fingerprint density at radius 1 is 0.933 bits per heavy atom. The quantitative estimate of drug-likeness (QED) is 0.510. The normalized spacial score (nSPS) is 10.8. The van der Waals surface area contributed by atoms with E-state index in [1.54, 1.807) is 6.07 Å². The van der Waals surface area contributed by atoms with E-state index in [-0.39, 0.29) is 24.6 Å². The molecule has 2 heterocycles. The molecule has 4 aromatic rings. The summed E-state index contributed by atoms with van der Waals surface area (Å²) in [5.41, 5.74) is 1.56. The number of aromatic nitrogens is 5. The van der Waals surface area contributed by atoms with E-state index in [4.69, 9.17) is 0 Å². The Morgan fingerprint density at radius 2 is 1.60 bits per heavy atom. The van der Waals surface area contributed by atoms with Gasteiger partial charge in [0, 0.05) is 12.6 Å². The van der Waals surface area contributed by atoms with Crippen molar-refractivity contribution in [3.05, 3.63) is 107 Å². The molecule has 2 aromatic carbocycles. The number of carbonyl (C=O) groups excluding carboxylic acids is 1. The third kappa shape index (κ3) is 4.33. The lowest BCUT2D eigenvalue weighted by Crippen LogP contribution is -2.35. The highest BCUT2D eigenvalue weighted by Gasteiger charge is 2.22. The minimum Gasteiger partial charge on any atom is -0.353 e. The highest BCUT2D eigenvalue weighted by Crippen LogP contribution is 2.24. The van der Waals surface area contributed by atoms with Crippen molar-refractivity contribution < 1.29 is 4.79 Å². The van der Waals surface area contributed by atoms with Crippen molar-refractivity contribution in [2.45, 2.75) is 12.5 Å². The second-order valence-corrected chi connectivity index (χ2v) is 6.64. The van der Waals surface area contributed by atoms with Gasteiger partial charge in [-0.3, -0.25) is 9.59 Å². The molecule has 1 N–H and O–H groups in total. The Labute approximate surface area is 172 Å². The van der Waals surface area contributed by atoms with Crippen LogP contribution in [0.1, 0.15) is 17.0 Å². The predicted octanol–water partition coefficient (Wildman–Crippen LogP) is 1.77. The van der Waals surface area contributed by atoms with Crippen LogP contribution in [0.2, 0.25) is 0 Å². The standard InChI is InChI=1S/C22H20N6O2/c29-20-12-11-19(28-16-23-15-25-28)26-27(20)14-13-24-22(30)21(17-7-3-1-4-8-17)18-9-5-2-6-10-18/h1-12,15-16,21H,13-14H2,(H,24,30). The zero-order valence-corrected chi connectivity index (χ0v) is 16.1. The minimum absolute atomic E-state index is 0.132. The number of rotatable bonds is 7. The van der Waals surface area contributed by atoms with Crippen LogP contribution in [0, 0.1) is 0 Å². The lowest BCUT2D eigenvalue weighted by molar-refractivity contribution is -0.121. The summed E-state index contributed by atoms with van der Waals surface area (Å²) >= 11 is 0. The second kappa shape index (κ2) is 8.95. The average molecular weight is 400 g/mol. The van der Waals surface area contributed by atoms with Gasteiger partial charge < -0.3 is 5.32 Å². The molecule has 0 saturated carbocycles. The SMILES string of the molecule is O=C(NCCn1nc(-n2cncn2)ccc1=O)C(c1ccccc1)c1ccccc1. The smallest absolute Gasteiger partial charge is 0.266 e. The molecule has 0 aliphatic heterocycles. The fourth-order valence-corrected chi connectivity index (χ4v) is 3.22. The largest absolute Gasteiger partial charge is 0.353 e. The van der Waals surface area contributed by atoms with E-state index < -0.39 is 5.92 Å². The second-order valence-electron chi connectivity index (χ2n) is 6.64. The lowest BCUT2D eigenvalue weighted by Gasteiger charge is -2.18. The van der Waals surface area contributed by atoms with Gasteiger partial charge >= 0.3 is 0 Å². The van der Waals surface area contributed by atoms with E-state index in [2.05, 4.69) is 20.5 Å². The van der Waals surface area contributed by atoms with Crippen LogP contribution in [0.25, 0.3) is 5.82 Å². The van der Waals surface area contributed by atoms with Crippen LogP contribution >= 0.6 is 0 Å². The summed E-state index contributed by atoms with van der Waals surface area (Å²) in [5, 5.41) is 11.2. The number of benzene rings is 2. The zero-order chi connectivity index (χ0) is 20.8. The predicted molar refractivity (Wildman–Crippen MR) is 111 cm³/mol. The van der Waals surface area contributed by atoms with Crippen LogP contribution in [0.4, 0.5) is 0 Å². The molecule has 0 saturated heterocycles. The Kier molecular flexibility index (Phi) is 5.75. The monoisotopic (exact) mass is 400 g/mol. The van der Waals surface area contributed by atoms with Crippen molar-refractivity contribution in [2.24, 2.45) is 0 Å². The molecule has 0 unspecified atom stereocenters. The van der Waals surface area contributed by atoms with Gasteiger partial charge in [-0.25, -0.2) is 14.3 Å². The van der Waals surface area contributed by atoms with Crippen molar-refractivity contribution in [1.82, 2.24) is 29.9 Å². The van der Waals surface area contributed by atoms with Crippen LogP contribution in [-0.2, 0) is 11.3 Å². The number of hydrogen-bond acceptors (Lipinski definition) is 5. The molecule has 0 bridgehead atoms. The van der Waals surface area contributed by atoms with Gasteiger partial charge in [0.25, 0.3) is 5.56 Å². The van der Waals surface area contributed by atoms with E-state index in [0.717, 1.165) is 11.1 Å². The summed E-state index contributed by atoms with van der Waals surface area (Å²) in [6.07, 6.45) is 2.90. The highest BCUT2D eigenvalue weighted by molar-refractivity contribution is 5.87. The Balaban J connectivity index is 1.48. The Morgan fingerprint density at radius 3 is 2.20 bits per heavy atom. The highest BCUT2D eigenvalue weighted by atomic mass is 16.2. The summed E-state index contributed by atoms with van der Waals surface area (Å²) in [4.78, 5) is 29.0. The molecule has 4 rings (SSSR count). The number of nitrogens with zero attached hydrogens (tertiary/aromatic N) is 5. The van der Waals surface area contributed by atoms with Gasteiger partial charge in [-0.05, 0) is 17.2 Å². The molecule has 8 heteroatoms. The molecule has 8 nitrogen and oxygen atoms in total. The van der Waals surface area contributed by atoms with Crippen LogP contribution in [0.5, 0.6) is 0 Å². The zero-order valence-electron chi connectivity index (χ0n) is 16.1. The number of carbonyl (C=O) groups is 1. The van der Waals surface area contributed by atoms with Gasteiger partial charge in [-0.1, -0.05) is 60.7 Å². The van der Waals surface area contributed by atoms with E-state index in [1.165, 1.54) is 28.1 Å². The summed E-state index contributed by atoms with van der Waals surface area (Å²) in [6, 6.07) is 22.2. The summed E-state index contributed by atoms with van der Waals surface area (Å²) < 4.78 is 2.77. The van der Waals surface area contributed by atoms with Crippen molar-refractivity contribution >= 4 is 5.91 Å². The first-order chi connectivity index (χ1) is 14.7. The number of amides is 1. The van der Waals surface area contributed by atoms with Crippen LogP contribution in [0.15, 0.2) is 90.2 Å². The Bertz CT molecular complexity index is 1120. The third-order valence-electron chi connectivity index (χ3n) is 4.66. The molecule has 30 heavy (non-hydrogen) atoms. The first-order valence-corrected chi connectivity index (χ1v) is 9.53. The van der Waals surface area contributed by atoms with E-state index in [0.29, 0.717) is 5.82 Å². The van der Waals surface area contributed by atoms with E-state index >= 15 is 0 Å². The minimum atomic E-state index is -0.432. The van der Waals surface area contributed by atoms with Gasteiger partial charge in [0.05, 0.1) is 12.5 Å². The van der Waals surface area contributed by atoms with Crippen molar-refractivity contribution in [2.75, 3.05) is 6.54 Å². The van der Waals surface area contributed by atoms with Gasteiger partial charge in [-0.2, -0.15) is 5.10 Å². The number of hydrogen-bond donors (Lipinski definition) is 1. The van der Waals surface area contributed by atoms with Crippen molar-refractivity contribution in [1.29, 1.82) is 0 Å². The molecule has 0 atom stereocenters. The molecular weight excluding hydrogens is 380 g/mol. The fraction of sp³-hybridized carbons (Fsp3) is 0.136. The summed E-state index contributed by atoms with van der Waals surface area (Å²) in [7, 11) is 0. The van der Waals surface area contributed by atoms with E-state index in [1.807, 2.05) is 60.7 Å². The first-order valence-electron chi connectivity index (χ1n) is 9.53. The molecule has 0 radical (unpaired) electrons. The molecule has 0 fully saturated rings. The van der Waals surface area contributed by atoms with Crippen molar-refractivity contribution in [3.8, 4) is 5.82 Å². The number of nitrogens with one attached hydrogen (secondary N) is 1. The maximum absolute atomic E-state index is 13.0. The summed E-state index contributed by atoms with van der Waals surface area (Å²) in [5.74, 6) is -0.0867. The fourth-order valence-electron chi connectivity index (χ4n) is 3.22. The van der Waals surface area contributed by atoms with Crippen LogP contribution in [-0.4, -0.2) is 37.0 Å². The first kappa shape index (κ1) is 19.3. The van der Waals surface area contributed by atoms with Crippen LogP contribution < -0.4 is 10.9 Å². The van der Waals surface area contributed by atoms with Gasteiger partial charge in [0.15, 0.2) is 5.82 Å². The lowest BCUT2D eigenvalue weighted by atomic mass is 9.90. The maximum Gasteiger partial charge on any atom is 0.266 e. The topological polar surface area (TPSA) is 94.7 Å². The molecule has 0 aliphatic rings.